The van der Waals surface area contributed by atoms with E-state index in [1.807, 2.05) is 25.4 Å². The summed E-state index contributed by atoms with van der Waals surface area (Å²) >= 11 is 0. The van der Waals surface area contributed by atoms with Crippen molar-refractivity contribution in [1.29, 1.82) is 0 Å². The van der Waals surface area contributed by atoms with Gasteiger partial charge in [0, 0.05) is 48.4 Å². The standard InChI is InChI=1S/C21H25FN6O/c1-14(22)12-28-5-3-15(4-6-28)21(29)26-20-8-16-7-17(9-23-19(16)11-24-20)18-10-25-27(2)13-18/h7-11,13-15H,3-6,12H2,1-2H3,(H,24,26,29)/t14-/m0/s1. The summed E-state index contributed by atoms with van der Waals surface area (Å²) in [6.45, 7) is 3.50. The Hall–Kier alpha value is -2.87. The van der Waals surface area contributed by atoms with Gasteiger partial charge in [0.1, 0.15) is 12.0 Å². The number of aromatic nitrogens is 4. The van der Waals surface area contributed by atoms with Crippen molar-refractivity contribution in [2.24, 2.45) is 13.0 Å². The molecular weight excluding hydrogens is 371 g/mol. The number of fused-ring (bicyclic) bond motifs is 1. The first kappa shape index (κ1) is 19.4. The highest BCUT2D eigenvalue weighted by Gasteiger charge is 2.25. The highest BCUT2D eigenvalue weighted by molar-refractivity contribution is 5.94. The van der Waals surface area contributed by atoms with Crippen LogP contribution in [-0.2, 0) is 11.8 Å². The Morgan fingerprint density at radius 2 is 2.00 bits per heavy atom. The van der Waals surface area contributed by atoms with Crippen LogP contribution >= 0.6 is 0 Å². The van der Waals surface area contributed by atoms with Gasteiger partial charge in [-0.3, -0.25) is 14.5 Å². The molecule has 0 spiro atoms. The number of pyridine rings is 2. The number of carbonyl (C=O) groups is 1. The third kappa shape index (κ3) is 4.59. The lowest BCUT2D eigenvalue weighted by Crippen LogP contribution is -2.40. The minimum atomic E-state index is -0.840. The SMILES string of the molecule is C[C@H](F)CN1CCC(C(=O)Nc2cc3cc(-c4cnn(C)c4)cnc3cn2)CC1. The van der Waals surface area contributed by atoms with E-state index in [0.29, 0.717) is 12.4 Å². The minimum absolute atomic E-state index is 0.0267. The lowest BCUT2D eigenvalue weighted by Gasteiger charge is -2.31. The first-order valence-corrected chi connectivity index (χ1v) is 9.90. The van der Waals surface area contributed by atoms with Gasteiger partial charge in [-0.1, -0.05) is 0 Å². The monoisotopic (exact) mass is 396 g/mol. The number of hydrogen-bond acceptors (Lipinski definition) is 5. The molecule has 29 heavy (non-hydrogen) atoms. The topological polar surface area (TPSA) is 75.9 Å². The first-order valence-electron chi connectivity index (χ1n) is 9.90. The number of amides is 1. The van der Waals surface area contributed by atoms with Gasteiger partial charge in [0.25, 0.3) is 0 Å². The Kier molecular flexibility index (Phi) is 5.53. The summed E-state index contributed by atoms with van der Waals surface area (Å²) in [7, 11) is 1.87. The maximum Gasteiger partial charge on any atom is 0.228 e. The average molecular weight is 396 g/mol. The average Bonchev–Trinajstić information content (AvgIpc) is 3.14. The van der Waals surface area contributed by atoms with Gasteiger partial charge >= 0.3 is 0 Å². The molecule has 0 unspecified atom stereocenters. The molecule has 0 bridgehead atoms. The van der Waals surface area contributed by atoms with Gasteiger partial charge in [-0.2, -0.15) is 5.10 Å². The van der Waals surface area contributed by atoms with Crippen LogP contribution in [0.2, 0.25) is 0 Å². The van der Waals surface area contributed by atoms with Crippen LogP contribution in [0, 0.1) is 5.92 Å². The number of nitrogens with zero attached hydrogens (tertiary/aromatic N) is 5. The molecule has 152 valence electrons. The van der Waals surface area contributed by atoms with Gasteiger partial charge in [-0.15, -0.1) is 0 Å². The number of hydrogen-bond donors (Lipinski definition) is 1. The zero-order valence-electron chi connectivity index (χ0n) is 16.7. The van der Waals surface area contributed by atoms with E-state index >= 15 is 0 Å². The molecule has 3 aromatic heterocycles. The fraction of sp³-hybridized carbons (Fsp3) is 0.429. The smallest absolute Gasteiger partial charge is 0.228 e. The van der Waals surface area contributed by atoms with E-state index < -0.39 is 6.17 Å². The zero-order chi connectivity index (χ0) is 20.4. The van der Waals surface area contributed by atoms with E-state index in [2.05, 4.69) is 25.3 Å². The first-order chi connectivity index (χ1) is 14.0. The largest absolute Gasteiger partial charge is 0.310 e. The molecule has 8 heteroatoms. The summed E-state index contributed by atoms with van der Waals surface area (Å²) in [5, 5.41) is 8.04. The van der Waals surface area contributed by atoms with Crippen LogP contribution < -0.4 is 5.32 Å². The van der Waals surface area contributed by atoms with Crippen LogP contribution in [0.5, 0.6) is 0 Å². The lowest BCUT2D eigenvalue weighted by molar-refractivity contribution is -0.121. The zero-order valence-corrected chi connectivity index (χ0v) is 16.7. The number of piperidine rings is 1. The summed E-state index contributed by atoms with van der Waals surface area (Å²) in [4.78, 5) is 23.5. The van der Waals surface area contributed by atoms with Gasteiger partial charge in [-0.05, 0) is 45.0 Å². The molecule has 1 aliphatic rings. The molecule has 1 atom stereocenters. The Morgan fingerprint density at radius 3 is 2.69 bits per heavy atom. The molecule has 1 N–H and O–H groups in total. The molecule has 4 heterocycles. The number of halogens is 1. The molecule has 1 amide bonds. The lowest BCUT2D eigenvalue weighted by atomic mass is 9.96. The van der Waals surface area contributed by atoms with Crippen LogP contribution in [0.4, 0.5) is 10.2 Å². The second kappa shape index (κ2) is 8.24. The number of nitrogens with one attached hydrogen (secondary N) is 1. The second-order valence-electron chi connectivity index (χ2n) is 7.73. The molecule has 3 aromatic rings. The molecule has 1 aliphatic heterocycles. The quantitative estimate of drug-likeness (QED) is 0.717. The molecule has 4 rings (SSSR count). The Morgan fingerprint density at radius 1 is 1.21 bits per heavy atom. The fourth-order valence-electron chi connectivity index (χ4n) is 3.79. The van der Waals surface area contributed by atoms with E-state index in [1.54, 1.807) is 30.2 Å². The Balaban J connectivity index is 1.44. The molecular formula is C21H25FN6O. The van der Waals surface area contributed by atoms with Crippen molar-refractivity contribution in [1.82, 2.24) is 24.6 Å². The number of aryl methyl sites for hydroxylation is 1. The van der Waals surface area contributed by atoms with Gasteiger partial charge in [0.05, 0.1) is 17.9 Å². The summed E-state index contributed by atoms with van der Waals surface area (Å²) in [6.07, 6.45) is 7.82. The molecule has 0 aliphatic carbocycles. The van der Waals surface area contributed by atoms with Gasteiger partial charge in [0.2, 0.25) is 5.91 Å². The molecule has 1 saturated heterocycles. The summed E-state index contributed by atoms with van der Waals surface area (Å²) in [5.41, 5.74) is 2.71. The Labute approximate surface area is 168 Å². The summed E-state index contributed by atoms with van der Waals surface area (Å²) in [6, 6.07) is 3.87. The highest BCUT2D eigenvalue weighted by Crippen LogP contribution is 2.24. The number of anilines is 1. The van der Waals surface area contributed by atoms with E-state index in [1.165, 1.54) is 0 Å². The van der Waals surface area contributed by atoms with Crippen molar-refractivity contribution >= 4 is 22.6 Å². The second-order valence-corrected chi connectivity index (χ2v) is 7.73. The van der Waals surface area contributed by atoms with Crippen LogP contribution in [0.1, 0.15) is 19.8 Å². The predicted molar refractivity (Wildman–Crippen MR) is 110 cm³/mol. The van der Waals surface area contributed by atoms with Crippen molar-refractivity contribution in [3.63, 3.8) is 0 Å². The number of alkyl halides is 1. The van der Waals surface area contributed by atoms with Gasteiger partial charge < -0.3 is 10.2 Å². The Bertz CT molecular complexity index is 1010. The van der Waals surface area contributed by atoms with Gasteiger partial charge in [-0.25, -0.2) is 9.37 Å². The number of likely N-dealkylation sites (tertiary alicyclic amines) is 1. The fourth-order valence-corrected chi connectivity index (χ4v) is 3.79. The summed E-state index contributed by atoms with van der Waals surface area (Å²) < 4.78 is 14.9. The molecule has 0 saturated carbocycles. The number of carbonyl (C=O) groups excluding carboxylic acids is 1. The minimum Gasteiger partial charge on any atom is -0.310 e. The van der Waals surface area contributed by atoms with E-state index in [9.17, 15) is 9.18 Å². The van der Waals surface area contributed by atoms with Crippen molar-refractivity contribution < 1.29 is 9.18 Å². The molecule has 7 nitrogen and oxygen atoms in total. The van der Waals surface area contributed by atoms with Crippen LogP contribution in [0.3, 0.4) is 0 Å². The number of rotatable bonds is 5. The molecule has 1 fully saturated rings. The van der Waals surface area contributed by atoms with Crippen LogP contribution in [0.25, 0.3) is 22.0 Å². The predicted octanol–water partition coefficient (Wildman–Crippen LogP) is 3.04. The van der Waals surface area contributed by atoms with Crippen molar-refractivity contribution in [2.45, 2.75) is 25.9 Å². The van der Waals surface area contributed by atoms with Crippen molar-refractivity contribution in [3.05, 3.63) is 36.9 Å². The van der Waals surface area contributed by atoms with Crippen LogP contribution in [-0.4, -0.2) is 56.4 Å². The van der Waals surface area contributed by atoms with E-state index in [4.69, 9.17) is 0 Å². The van der Waals surface area contributed by atoms with Crippen molar-refractivity contribution in [2.75, 3.05) is 25.0 Å². The van der Waals surface area contributed by atoms with Crippen LogP contribution in [0.15, 0.2) is 36.9 Å². The highest BCUT2D eigenvalue weighted by atomic mass is 19.1. The normalized spacial score (nSPS) is 16.8. The molecule has 0 radical (unpaired) electrons. The van der Waals surface area contributed by atoms with Gasteiger partial charge in [0.15, 0.2) is 0 Å². The maximum atomic E-state index is 13.2. The molecule has 0 aromatic carbocycles. The summed E-state index contributed by atoms with van der Waals surface area (Å²) in [5.74, 6) is 0.423. The van der Waals surface area contributed by atoms with Crippen molar-refractivity contribution in [3.8, 4) is 11.1 Å². The third-order valence-corrected chi connectivity index (χ3v) is 5.33. The maximum absolute atomic E-state index is 13.2. The van der Waals surface area contributed by atoms with E-state index in [0.717, 1.165) is 48.0 Å². The third-order valence-electron chi connectivity index (χ3n) is 5.33. The van der Waals surface area contributed by atoms with E-state index in [-0.39, 0.29) is 11.8 Å².